The number of carbonyl (C=O) groups is 1. The highest BCUT2D eigenvalue weighted by Crippen LogP contribution is 2.12. The van der Waals surface area contributed by atoms with Crippen LogP contribution in [0.3, 0.4) is 0 Å². The first kappa shape index (κ1) is 16.5. The molecule has 0 unspecified atom stereocenters. The number of anilines is 1. The Hall–Kier alpha value is -2.82. The number of hydrogen-bond donors (Lipinski definition) is 1. The maximum absolute atomic E-state index is 11.8. The van der Waals surface area contributed by atoms with E-state index in [9.17, 15) is 4.79 Å². The van der Waals surface area contributed by atoms with Gasteiger partial charge in [-0.2, -0.15) is 5.10 Å². The number of amides is 1. The number of methoxy groups -OCH3 is 1. The van der Waals surface area contributed by atoms with Gasteiger partial charge in [0.1, 0.15) is 5.75 Å². The van der Waals surface area contributed by atoms with Gasteiger partial charge in [0.25, 0.3) is 0 Å². The van der Waals surface area contributed by atoms with Crippen LogP contribution >= 0.6 is 0 Å². The van der Waals surface area contributed by atoms with Crippen molar-refractivity contribution in [1.82, 2.24) is 5.43 Å². The summed E-state index contributed by atoms with van der Waals surface area (Å²) in [5.41, 5.74) is 5.49. The van der Waals surface area contributed by atoms with Crippen molar-refractivity contribution < 1.29 is 9.53 Å². The first-order chi connectivity index (χ1) is 11.1. The van der Waals surface area contributed by atoms with E-state index in [0.717, 1.165) is 22.6 Å². The van der Waals surface area contributed by atoms with Gasteiger partial charge in [0.2, 0.25) is 5.91 Å². The molecule has 0 bridgehead atoms. The normalized spacial score (nSPS) is 10.6. The number of rotatable bonds is 6. The van der Waals surface area contributed by atoms with Gasteiger partial charge in [-0.1, -0.05) is 24.3 Å². The average molecular weight is 311 g/mol. The van der Waals surface area contributed by atoms with Crippen molar-refractivity contribution in [3.63, 3.8) is 0 Å². The van der Waals surface area contributed by atoms with Crippen LogP contribution in [0, 0.1) is 0 Å². The third-order valence-electron chi connectivity index (χ3n) is 3.34. The Labute approximate surface area is 136 Å². The van der Waals surface area contributed by atoms with Crippen LogP contribution in [-0.2, 0) is 11.2 Å². The summed E-state index contributed by atoms with van der Waals surface area (Å²) in [5, 5.41) is 3.98. The van der Waals surface area contributed by atoms with Gasteiger partial charge in [0.15, 0.2) is 0 Å². The summed E-state index contributed by atoms with van der Waals surface area (Å²) in [4.78, 5) is 13.9. The molecule has 0 fully saturated rings. The van der Waals surface area contributed by atoms with Crippen molar-refractivity contribution in [2.45, 2.75) is 6.42 Å². The van der Waals surface area contributed by atoms with Gasteiger partial charge in [-0.25, -0.2) is 5.43 Å². The maximum atomic E-state index is 11.8. The highest BCUT2D eigenvalue weighted by atomic mass is 16.5. The largest absolute Gasteiger partial charge is 0.497 e. The minimum Gasteiger partial charge on any atom is -0.497 e. The Bertz CT molecular complexity index is 662. The molecule has 5 heteroatoms. The number of ether oxygens (including phenoxy) is 1. The van der Waals surface area contributed by atoms with Crippen LogP contribution in [0.2, 0.25) is 0 Å². The lowest BCUT2D eigenvalue weighted by Gasteiger charge is -2.11. The van der Waals surface area contributed by atoms with Crippen molar-refractivity contribution >= 4 is 17.8 Å². The van der Waals surface area contributed by atoms with Gasteiger partial charge < -0.3 is 9.64 Å². The molecule has 1 amide bonds. The van der Waals surface area contributed by atoms with Crippen LogP contribution in [0.15, 0.2) is 53.6 Å². The summed E-state index contributed by atoms with van der Waals surface area (Å²) in [6.45, 7) is 0. The van der Waals surface area contributed by atoms with Crippen LogP contribution in [-0.4, -0.2) is 33.3 Å². The number of carbonyl (C=O) groups excluding carboxylic acids is 1. The van der Waals surface area contributed by atoms with Gasteiger partial charge in [0.05, 0.1) is 19.7 Å². The highest BCUT2D eigenvalue weighted by molar-refractivity contribution is 5.83. The molecular formula is C18H21N3O2. The Morgan fingerprint density at radius 2 is 1.78 bits per heavy atom. The summed E-state index contributed by atoms with van der Waals surface area (Å²) in [6.07, 6.45) is 1.91. The molecule has 120 valence electrons. The quantitative estimate of drug-likeness (QED) is 0.658. The molecule has 1 N–H and O–H groups in total. The fraction of sp³-hybridized carbons (Fsp3) is 0.222. The molecule has 0 heterocycles. The minimum atomic E-state index is -0.156. The lowest BCUT2D eigenvalue weighted by molar-refractivity contribution is -0.120. The van der Waals surface area contributed by atoms with Gasteiger partial charge in [-0.3, -0.25) is 4.79 Å². The van der Waals surface area contributed by atoms with E-state index in [-0.39, 0.29) is 12.3 Å². The summed E-state index contributed by atoms with van der Waals surface area (Å²) in [6, 6.07) is 15.3. The summed E-state index contributed by atoms with van der Waals surface area (Å²) >= 11 is 0. The third-order valence-corrected chi connectivity index (χ3v) is 3.34. The summed E-state index contributed by atoms with van der Waals surface area (Å²) < 4.78 is 5.08. The highest BCUT2D eigenvalue weighted by Gasteiger charge is 2.02. The van der Waals surface area contributed by atoms with Crippen molar-refractivity contribution in [2.24, 2.45) is 5.10 Å². The van der Waals surface area contributed by atoms with E-state index in [1.165, 1.54) is 0 Å². The van der Waals surface area contributed by atoms with Gasteiger partial charge in [-0.05, 0) is 35.4 Å². The number of nitrogens with zero attached hydrogens (tertiary/aromatic N) is 2. The van der Waals surface area contributed by atoms with E-state index in [4.69, 9.17) is 4.74 Å². The molecule has 0 saturated carbocycles. The SMILES string of the molecule is COc1ccc(CC(=O)NN=Cc2ccc(N(C)C)cc2)cc1. The minimum absolute atomic E-state index is 0.156. The topological polar surface area (TPSA) is 53.9 Å². The van der Waals surface area contributed by atoms with Crippen LogP contribution in [0.25, 0.3) is 0 Å². The number of hydrazone groups is 1. The Morgan fingerprint density at radius 1 is 1.13 bits per heavy atom. The van der Waals surface area contributed by atoms with Crippen molar-refractivity contribution in [1.29, 1.82) is 0 Å². The molecular weight excluding hydrogens is 290 g/mol. The van der Waals surface area contributed by atoms with Crippen LogP contribution < -0.4 is 15.1 Å². The summed E-state index contributed by atoms with van der Waals surface area (Å²) in [7, 11) is 5.59. The standard InChI is InChI=1S/C18H21N3O2/c1-21(2)16-8-4-15(5-9-16)13-19-20-18(22)12-14-6-10-17(23-3)11-7-14/h4-11,13H,12H2,1-3H3,(H,20,22). The van der Waals surface area contributed by atoms with E-state index in [1.54, 1.807) is 13.3 Å². The fourth-order valence-corrected chi connectivity index (χ4v) is 2.01. The Kier molecular flexibility index (Phi) is 5.74. The van der Waals surface area contributed by atoms with Crippen molar-refractivity contribution in [3.8, 4) is 5.75 Å². The second kappa shape index (κ2) is 7.98. The number of benzene rings is 2. The number of nitrogens with one attached hydrogen (secondary N) is 1. The molecule has 23 heavy (non-hydrogen) atoms. The molecule has 2 rings (SSSR count). The number of hydrogen-bond acceptors (Lipinski definition) is 4. The zero-order chi connectivity index (χ0) is 16.7. The van der Waals surface area contributed by atoms with Crippen LogP contribution in [0.4, 0.5) is 5.69 Å². The van der Waals surface area contributed by atoms with E-state index >= 15 is 0 Å². The van der Waals surface area contributed by atoms with Crippen LogP contribution in [0.5, 0.6) is 5.75 Å². The first-order valence-electron chi connectivity index (χ1n) is 7.30. The van der Waals surface area contributed by atoms with E-state index < -0.39 is 0 Å². The zero-order valence-electron chi connectivity index (χ0n) is 13.6. The van der Waals surface area contributed by atoms with Crippen LogP contribution in [0.1, 0.15) is 11.1 Å². The van der Waals surface area contributed by atoms with E-state index in [2.05, 4.69) is 10.5 Å². The van der Waals surface area contributed by atoms with E-state index in [0.29, 0.717) is 0 Å². The smallest absolute Gasteiger partial charge is 0.244 e. The fourth-order valence-electron chi connectivity index (χ4n) is 2.01. The average Bonchev–Trinajstić information content (AvgIpc) is 2.56. The van der Waals surface area contributed by atoms with Crippen molar-refractivity contribution in [2.75, 3.05) is 26.1 Å². The molecule has 2 aromatic rings. The molecule has 0 spiro atoms. The van der Waals surface area contributed by atoms with E-state index in [1.807, 2.05) is 67.5 Å². The van der Waals surface area contributed by atoms with Gasteiger partial charge >= 0.3 is 0 Å². The zero-order valence-corrected chi connectivity index (χ0v) is 13.6. The second-order valence-electron chi connectivity index (χ2n) is 5.30. The monoisotopic (exact) mass is 311 g/mol. The molecule has 0 saturated heterocycles. The third kappa shape index (κ3) is 5.14. The van der Waals surface area contributed by atoms with Gasteiger partial charge in [0, 0.05) is 19.8 Å². The van der Waals surface area contributed by atoms with Gasteiger partial charge in [-0.15, -0.1) is 0 Å². The maximum Gasteiger partial charge on any atom is 0.244 e. The second-order valence-corrected chi connectivity index (χ2v) is 5.30. The molecule has 0 aliphatic heterocycles. The van der Waals surface area contributed by atoms with Crippen molar-refractivity contribution in [3.05, 3.63) is 59.7 Å². The Morgan fingerprint density at radius 3 is 2.35 bits per heavy atom. The Balaban J connectivity index is 1.85. The molecule has 2 aromatic carbocycles. The summed E-state index contributed by atoms with van der Waals surface area (Å²) in [5.74, 6) is 0.615. The predicted molar refractivity (Wildman–Crippen MR) is 93.2 cm³/mol. The molecule has 5 nitrogen and oxygen atoms in total. The first-order valence-corrected chi connectivity index (χ1v) is 7.30. The molecule has 0 aliphatic carbocycles. The predicted octanol–water partition coefficient (Wildman–Crippen LogP) is 2.45. The molecule has 0 atom stereocenters. The molecule has 0 radical (unpaired) electrons. The molecule has 0 aromatic heterocycles. The lowest BCUT2D eigenvalue weighted by atomic mass is 10.1. The molecule has 0 aliphatic rings. The lowest BCUT2D eigenvalue weighted by Crippen LogP contribution is -2.19.